The van der Waals surface area contributed by atoms with Crippen molar-refractivity contribution in [2.24, 2.45) is 5.73 Å². The molecule has 7 heteroatoms. The van der Waals surface area contributed by atoms with E-state index in [9.17, 15) is 9.59 Å². The number of hydrogen-bond donors (Lipinski definition) is 4. The Kier molecular flexibility index (Phi) is 6.39. The van der Waals surface area contributed by atoms with E-state index < -0.39 is 0 Å². The fraction of sp³-hybridized carbons (Fsp3) is 0.286. The van der Waals surface area contributed by atoms with Crippen molar-refractivity contribution in [3.8, 4) is 0 Å². The number of carbonyl (C=O) groups excluding carboxylic acids is 2. The Balaban J connectivity index is 1.37. The number of nitrogens with two attached hydrogens (primary N) is 1. The van der Waals surface area contributed by atoms with Gasteiger partial charge in [0.25, 0.3) is 0 Å². The van der Waals surface area contributed by atoms with Crippen LogP contribution in [0, 0.1) is 5.41 Å². The number of amidine groups is 1. The molecule has 1 heterocycles. The van der Waals surface area contributed by atoms with Crippen LogP contribution in [0.3, 0.4) is 0 Å². The summed E-state index contributed by atoms with van der Waals surface area (Å²) in [7, 11) is 0. The highest BCUT2D eigenvalue weighted by Crippen LogP contribution is 2.18. The van der Waals surface area contributed by atoms with Crippen molar-refractivity contribution in [1.82, 2.24) is 15.5 Å². The van der Waals surface area contributed by atoms with E-state index in [1.54, 1.807) is 17.0 Å². The standard InChI is InChI=1S/C21H25N5O2/c22-21(23)17-7-5-15(6-8-17)11-24-12-19(27)25-13-20(28)26-10-9-16-3-1-2-4-18(16)14-26/h1-8,24H,9-14H2,(H3,22,23)(H,25,27). The van der Waals surface area contributed by atoms with Gasteiger partial charge in [-0.2, -0.15) is 0 Å². The second-order valence-corrected chi connectivity index (χ2v) is 6.82. The summed E-state index contributed by atoms with van der Waals surface area (Å²) in [4.78, 5) is 26.1. The predicted molar refractivity (Wildman–Crippen MR) is 108 cm³/mol. The number of carbonyl (C=O) groups is 2. The minimum atomic E-state index is -0.217. The largest absolute Gasteiger partial charge is 0.384 e. The molecule has 0 bridgehead atoms. The zero-order valence-electron chi connectivity index (χ0n) is 15.7. The summed E-state index contributed by atoms with van der Waals surface area (Å²) in [5, 5.41) is 13.1. The second-order valence-electron chi connectivity index (χ2n) is 6.82. The van der Waals surface area contributed by atoms with Gasteiger partial charge < -0.3 is 21.3 Å². The number of nitrogens with one attached hydrogen (secondary N) is 3. The van der Waals surface area contributed by atoms with Crippen molar-refractivity contribution in [3.05, 3.63) is 70.8 Å². The molecule has 146 valence electrons. The normalized spacial score (nSPS) is 12.9. The van der Waals surface area contributed by atoms with Crippen molar-refractivity contribution < 1.29 is 9.59 Å². The van der Waals surface area contributed by atoms with Gasteiger partial charge in [-0.3, -0.25) is 15.0 Å². The molecule has 0 saturated carbocycles. The molecule has 2 aromatic carbocycles. The third-order valence-electron chi connectivity index (χ3n) is 4.80. The van der Waals surface area contributed by atoms with Crippen molar-refractivity contribution >= 4 is 17.6 Å². The molecule has 7 nitrogen and oxygen atoms in total. The molecule has 0 aliphatic carbocycles. The van der Waals surface area contributed by atoms with E-state index in [1.807, 2.05) is 30.3 Å². The van der Waals surface area contributed by atoms with Crippen LogP contribution < -0.4 is 16.4 Å². The summed E-state index contributed by atoms with van der Waals surface area (Å²) >= 11 is 0. The van der Waals surface area contributed by atoms with Gasteiger partial charge in [0, 0.05) is 25.2 Å². The molecule has 0 radical (unpaired) electrons. The highest BCUT2D eigenvalue weighted by Gasteiger charge is 2.20. The van der Waals surface area contributed by atoms with Crippen molar-refractivity contribution in [1.29, 1.82) is 5.41 Å². The summed E-state index contributed by atoms with van der Waals surface area (Å²) in [6, 6.07) is 15.4. The lowest BCUT2D eigenvalue weighted by Gasteiger charge is -2.29. The third kappa shape index (κ3) is 5.17. The van der Waals surface area contributed by atoms with Gasteiger partial charge in [-0.25, -0.2) is 0 Å². The Hall–Kier alpha value is -3.19. The monoisotopic (exact) mass is 379 g/mol. The van der Waals surface area contributed by atoms with E-state index in [-0.39, 0.29) is 30.7 Å². The summed E-state index contributed by atoms with van der Waals surface area (Å²) in [5.74, 6) is -0.255. The minimum Gasteiger partial charge on any atom is -0.384 e. The van der Waals surface area contributed by atoms with E-state index in [0.717, 1.165) is 12.0 Å². The average Bonchev–Trinajstić information content (AvgIpc) is 2.72. The van der Waals surface area contributed by atoms with Crippen LogP contribution in [-0.4, -0.2) is 42.2 Å². The van der Waals surface area contributed by atoms with Gasteiger partial charge in [0.1, 0.15) is 5.84 Å². The molecular weight excluding hydrogens is 354 g/mol. The number of nitrogens with zero attached hydrogens (tertiary/aromatic N) is 1. The van der Waals surface area contributed by atoms with Gasteiger partial charge in [-0.05, 0) is 23.1 Å². The average molecular weight is 379 g/mol. The Morgan fingerprint density at radius 3 is 2.46 bits per heavy atom. The summed E-state index contributed by atoms with van der Waals surface area (Å²) in [6.45, 7) is 1.93. The maximum absolute atomic E-state index is 12.4. The van der Waals surface area contributed by atoms with E-state index >= 15 is 0 Å². The summed E-state index contributed by atoms with van der Waals surface area (Å²) < 4.78 is 0. The topological polar surface area (TPSA) is 111 Å². The molecule has 2 amide bonds. The quantitative estimate of drug-likeness (QED) is 0.420. The lowest BCUT2D eigenvalue weighted by atomic mass is 10.00. The molecule has 0 atom stereocenters. The number of amides is 2. The number of benzene rings is 2. The van der Waals surface area contributed by atoms with Crippen LogP contribution in [-0.2, 0) is 29.1 Å². The lowest BCUT2D eigenvalue weighted by molar-refractivity contribution is -0.133. The Labute approximate surface area is 164 Å². The molecule has 0 saturated heterocycles. The van der Waals surface area contributed by atoms with Crippen LogP contribution in [0.1, 0.15) is 22.3 Å². The zero-order chi connectivity index (χ0) is 19.9. The van der Waals surface area contributed by atoms with E-state index in [4.69, 9.17) is 11.1 Å². The summed E-state index contributed by atoms with van der Waals surface area (Å²) in [6.07, 6.45) is 0.847. The Morgan fingerprint density at radius 1 is 1.04 bits per heavy atom. The molecule has 5 N–H and O–H groups in total. The second kappa shape index (κ2) is 9.14. The van der Waals surface area contributed by atoms with Crippen molar-refractivity contribution in [2.45, 2.75) is 19.5 Å². The third-order valence-corrected chi connectivity index (χ3v) is 4.80. The molecule has 3 rings (SSSR count). The van der Waals surface area contributed by atoms with Gasteiger partial charge in [0.2, 0.25) is 11.8 Å². The molecule has 0 unspecified atom stereocenters. The first-order valence-corrected chi connectivity index (χ1v) is 9.28. The van der Waals surface area contributed by atoms with Crippen LogP contribution in [0.15, 0.2) is 48.5 Å². The molecule has 28 heavy (non-hydrogen) atoms. The number of hydrogen-bond acceptors (Lipinski definition) is 4. The molecule has 0 spiro atoms. The number of nitrogen functional groups attached to an aromatic ring is 1. The van der Waals surface area contributed by atoms with Gasteiger partial charge in [-0.15, -0.1) is 0 Å². The molecule has 2 aromatic rings. The van der Waals surface area contributed by atoms with Gasteiger partial charge in [0.05, 0.1) is 13.1 Å². The van der Waals surface area contributed by atoms with Gasteiger partial charge >= 0.3 is 0 Å². The van der Waals surface area contributed by atoms with E-state index in [0.29, 0.717) is 25.2 Å². The van der Waals surface area contributed by atoms with Crippen LogP contribution in [0.2, 0.25) is 0 Å². The fourth-order valence-electron chi connectivity index (χ4n) is 3.18. The van der Waals surface area contributed by atoms with Crippen LogP contribution in [0.25, 0.3) is 0 Å². The molecular formula is C21H25N5O2. The van der Waals surface area contributed by atoms with Gasteiger partial charge in [-0.1, -0.05) is 48.5 Å². The smallest absolute Gasteiger partial charge is 0.242 e. The summed E-state index contributed by atoms with van der Waals surface area (Å²) in [5.41, 5.74) is 9.54. The molecule has 0 aromatic heterocycles. The number of fused-ring (bicyclic) bond motifs is 1. The minimum absolute atomic E-state index is 0.00991. The predicted octanol–water partition coefficient (Wildman–Crippen LogP) is 0.761. The highest BCUT2D eigenvalue weighted by molar-refractivity contribution is 5.94. The highest BCUT2D eigenvalue weighted by atomic mass is 16.2. The van der Waals surface area contributed by atoms with Crippen LogP contribution >= 0.6 is 0 Å². The number of rotatable bonds is 7. The van der Waals surface area contributed by atoms with E-state index in [1.165, 1.54) is 11.1 Å². The molecule has 1 aliphatic heterocycles. The fourth-order valence-corrected chi connectivity index (χ4v) is 3.18. The zero-order valence-corrected chi connectivity index (χ0v) is 15.7. The lowest BCUT2D eigenvalue weighted by Crippen LogP contribution is -2.44. The van der Waals surface area contributed by atoms with Gasteiger partial charge in [0.15, 0.2) is 0 Å². The van der Waals surface area contributed by atoms with E-state index in [2.05, 4.69) is 16.7 Å². The molecule has 0 fully saturated rings. The van der Waals surface area contributed by atoms with Crippen LogP contribution in [0.5, 0.6) is 0 Å². The van der Waals surface area contributed by atoms with Crippen LogP contribution in [0.4, 0.5) is 0 Å². The Morgan fingerprint density at radius 2 is 1.75 bits per heavy atom. The Bertz CT molecular complexity index is 863. The molecule has 1 aliphatic rings. The first-order valence-electron chi connectivity index (χ1n) is 9.28. The first kappa shape index (κ1) is 19.6. The first-order chi connectivity index (χ1) is 13.5. The van der Waals surface area contributed by atoms with Crippen molar-refractivity contribution in [3.63, 3.8) is 0 Å². The maximum atomic E-state index is 12.4. The SMILES string of the molecule is N=C(N)c1ccc(CNCC(=O)NCC(=O)N2CCc3ccccc3C2)cc1. The maximum Gasteiger partial charge on any atom is 0.242 e. The van der Waals surface area contributed by atoms with Crippen molar-refractivity contribution in [2.75, 3.05) is 19.6 Å².